The molecule has 0 saturated carbocycles. The van der Waals surface area contributed by atoms with E-state index in [4.69, 9.17) is 4.74 Å². The highest BCUT2D eigenvalue weighted by Crippen LogP contribution is 2.29. The Morgan fingerprint density at radius 2 is 2.36 bits per heavy atom. The summed E-state index contributed by atoms with van der Waals surface area (Å²) in [6, 6.07) is 4.24. The molecule has 1 aromatic carbocycles. The zero-order valence-electron chi connectivity index (χ0n) is 8.27. The average Bonchev–Trinajstić information content (AvgIpc) is 2.18. The number of hydrogen-bond acceptors (Lipinski definition) is 2. The van der Waals surface area contributed by atoms with Gasteiger partial charge in [0.2, 0.25) is 0 Å². The Balaban J connectivity index is 2.41. The molecule has 76 valence electrons. The summed E-state index contributed by atoms with van der Waals surface area (Å²) in [5.41, 5.74) is 2.72. The molecule has 0 amide bonds. The third-order valence-corrected chi connectivity index (χ3v) is 2.90. The van der Waals surface area contributed by atoms with Gasteiger partial charge in [-0.2, -0.15) is 0 Å². The van der Waals surface area contributed by atoms with E-state index in [2.05, 4.69) is 33.4 Å². The second kappa shape index (κ2) is 4.32. The lowest BCUT2D eigenvalue weighted by molar-refractivity contribution is 0.333. The Bertz CT molecular complexity index is 338. The fourth-order valence-corrected chi connectivity index (χ4v) is 2.29. The lowest BCUT2D eigenvalue weighted by Crippen LogP contribution is -2.24. The number of benzene rings is 1. The molecule has 1 aromatic rings. The number of nitrogens with one attached hydrogen (secondary N) is 1. The minimum atomic E-state index is 0.725. The van der Waals surface area contributed by atoms with E-state index in [0.29, 0.717) is 0 Å². The van der Waals surface area contributed by atoms with Gasteiger partial charge in [-0.1, -0.05) is 15.9 Å². The Morgan fingerprint density at radius 1 is 1.50 bits per heavy atom. The molecule has 2 rings (SSSR count). The minimum absolute atomic E-state index is 0.725. The van der Waals surface area contributed by atoms with Crippen LogP contribution in [-0.2, 0) is 13.0 Å². The van der Waals surface area contributed by atoms with Crippen LogP contribution in [0.15, 0.2) is 16.6 Å². The molecule has 1 aliphatic heterocycles. The number of fused-ring (bicyclic) bond motifs is 1. The summed E-state index contributed by atoms with van der Waals surface area (Å²) >= 11 is 3.51. The van der Waals surface area contributed by atoms with Gasteiger partial charge in [-0.15, -0.1) is 0 Å². The highest BCUT2D eigenvalue weighted by molar-refractivity contribution is 9.10. The van der Waals surface area contributed by atoms with Gasteiger partial charge in [0.1, 0.15) is 5.75 Å². The lowest BCUT2D eigenvalue weighted by atomic mass is 10.0. The summed E-state index contributed by atoms with van der Waals surface area (Å²) in [5.74, 6) is 1.02. The van der Waals surface area contributed by atoms with E-state index in [-0.39, 0.29) is 0 Å². The molecule has 0 saturated heterocycles. The van der Waals surface area contributed by atoms with Gasteiger partial charge in [0, 0.05) is 16.6 Å². The van der Waals surface area contributed by atoms with Crippen molar-refractivity contribution in [2.24, 2.45) is 0 Å². The minimum Gasteiger partial charge on any atom is -0.493 e. The summed E-state index contributed by atoms with van der Waals surface area (Å²) < 4.78 is 6.73. The van der Waals surface area contributed by atoms with E-state index in [0.717, 1.165) is 36.3 Å². The smallest absolute Gasteiger partial charge is 0.125 e. The van der Waals surface area contributed by atoms with Crippen molar-refractivity contribution < 1.29 is 4.74 Å². The molecule has 1 aliphatic rings. The monoisotopic (exact) mass is 255 g/mol. The van der Waals surface area contributed by atoms with Crippen LogP contribution in [-0.4, -0.2) is 13.2 Å². The van der Waals surface area contributed by atoms with E-state index >= 15 is 0 Å². The second-order valence-corrected chi connectivity index (χ2v) is 4.32. The van der Waals surface area contributed by atoms with Crippen LogP contribution in [0.1, 0.15) is 18.1 Å². The predicted molar refractivity (Wildman–Crippen MR) is 60.7 cm³/mol. The zero-order chi connectivity index (χ0) is 9.97. The van der Waals surface area contributed by atoms with Crippen LogP contribution >= 0.6 is 15.9 Å². The van der Waals surface area contributed by atoms with Crippen molar-refractivity contribution in [3.05, 3.63) is 27.7 Å². The van der Waals surface area contributed by atoms with Crippen LogP contribution in [0.5, 0.6) is 5.75 Å². The summed E-state index contributed by atoms with van der Waals surface area (Å²) in [6.07, 6.45) is 1.09. The fraction of sp³-hybridized carbons (Fsp3) is 0.455. The summed E-state index contributed by atoms with van der Waals surface area (Å²) in [5, 5.41) is 3.36. The first-order chi connectivity index (χ1) is 6.81. The van der Waals surface area contributed by atoms with Crippen LogP contribution in [0.25, 0.3) is 0 Å². The standard InChI is InChI=1S/C11H14BrNO/c1-2-14-11-6-9(12)5-8-3-4-13-7-10(8)11/h5-6,13H,2-4,7H2,1H3. The van der Waals surface area contributed by atoms with Gasteiger partial charge in [-0.05, 0) is 37.6 Å². The van der Waals surface area contributed by atoms with E-state index in [1.807, 2.05) is 6.92 Å². The molecule has 0 unspecified atom stereocenters. The molecular formula is C11H14BrNO. The molecule has 1 N–H and O–H groups in total. The number of rotatable bonds is 2. The van der Waals surface area contributed by atoms with Crippen LogP contribution in [0.2, 0.25) is 0 Å². The van der Waals surface area contributed by atoms with E-state index in [9.17, 15) is 0 Å². The van der Waals surface area contributed by atoms with Crippen molar-refractivity contribution in [1.82, 2.24) is 5.32 Å². The van der Waals surface area contributed by atoms with Crippen molar-refractivity contribution >= 4 is 15.9 Å². The molecule has 1 heterocycles. The first-order valence-corrected chi connectivity index (χ1v) is 5.75. The summed E-state index contributed by atoms with van der Waals surface area (Å²) in [6.45, 7) is 4.74. The van der Waals surface area contributed by atoms with Gasteiger partial charge in [0.25, 0.3) is 0 Å². The van der Waals surface area contributed by atoms with Crippen molar-refractivity contribution in [1.29, 1.82) is 0 Å². The van der Waals surface area contributed by atoms with Crippen LogP contribution in [0, 0.1) is 0 Å². The largest absolute Gasteiger partial charge is 0.493 e. The third-order valence-electron chi connectivity index (χ3n) is 2.44. The fourth-order valence-electron chi connectivity index (χ4n) is 1.81. The SMILES string of the molecule is CCOc1cc(Br)cc2c1CNCC2. The number of ether oxygens (including phenoxy) is 1. The second-order valence-electron chi connectivity index (χ2n) is 3.40. The lowest BCUT2D eigenvalue weighted by Gasteiger charge is -2.20. The van der Waals surface area contributed by atoms with Gasteiger partial charge in [0.15, 0.2) is 0 Å². The van der Waals surface area contributed by atoms with Crippen LogP contribution in [0.4, 0.5) is 0 Å². The molecule has 0 aromatic heterocycles. The Kier molecular flexibility index (Phi) is 3.08. The topological polar surface area (TPSA) is 21.3 Å². The highest BCUT2D eigenvalue weighted by atomic mass is 79.9. The Morgan fingerprint density at radius 3 is 3.14 bits per heavy atom. The molecule has 0 fully saturated rings. The Labute approximate surface area is 92.8 Å². The molecule has 0 spiro atoms. The van der Waals surface area contributed by atoms with Gasteiger partial charge >= 0.3 is 0 Å². The highest BCUT2D eigenvalue weighted by Gasteiger charge is 2.14. The molecule has 0 radical (unpaired) electrons. The Hall–Kier alpha value is -0.540. The van der Waals surface area contributed by atoms with Crippen molar-refractivity contribution in [3.63, 3.8) is 0 Å². The summed E-state index contributed by atoms with van der Waals surface area (Å²) in [4.78, 5) is 0. The quantitative estimate of drug-likeness (QED) is 0.877. The van der Waals surface area contributed by atoms with E-state index in [1.165, 1.54) is 11.1 Å². The number of hydrogen-bond donors (Lipinski definition) is 1. The molecule has 2 nitrogen and oxygen atoms in total. The molecule has 0 bridgehead atoms. The third kappa shape index (κ3) is 1.93. The first-order valence-electron chi connectivity index (χ1n) is 4.96. The maximum absolute atomic E-state index is 5.62. The molecule has 0 atom stereocenters. The van der Waals surface area contributed by atoms with E-state index in [1.54, 1.807) is 0 Å². The zero-order valence-corrected chi connectivity index (χ0v) is 9.86. The van der Waals surface area contributed by atoms with Crippen molar-refractivity contribution in [2.75, 3.05) is 13.2 Å². The molecule has 3 heteroatoms. The number of halogens is 1. The van der Waals surface area contributed by atoms with Crippen molar-refractivity contribution in [3.8, 4) is 5.75 Å². The first kappa shape index (κ1) is 9.99. The average molecular weight is 256 g/mol. The van der Waals surface area contributed by atoms with Gasteiger partial charge in [-0.3, -0.25) is 0 Å². The normalized spacial score (nSPS) is 15.0. The van der Waals surface area contributed by atoms with E-state index < -0.39 is 0 Å². The maximum Gasteiger partial charge on any atom is 0.125 e. The molecule has 14 heavy (non-hydrogen) atoms. The summed E-state index contributed by atoms with van der Waals surface area (Å²) in [7, 11) is 0. The van der Waals surface area contributed by atoms with Gasteiger partial charge in [0.05, 0.1) is 6.61 Å². The van der Waals surface area contributed by atoms with Crippen LogP contribution in [0.3, 0.4) is 0 Å². The van der Waals surface area contributed by atoms with Crippen LogP contribution < -0.4 is 10.1 Å². The molecular weight excluding hydrogens is 242 g/mol. The predicted octanol–water partition coefficient (Wildman–Crippen LogP) is 2.49. The molecule has 0 aliphatic carbocycles. The van der Waals surface area contributed by atoms with Gasteiger partial charge in [-0.25, -0.2) is 0 Å². The van der Waals surface area contributed by atoms with Gasteiger partial charge < -0.3 is 10.1 Å². The van der Waals surface area contributed by atoms with Crippen molar-refractivity contribution in [2.45, 2.75) is 19.9 Å². The maximum atomic E-state index is 5.62.